The number of aliphatic hydroxyl groups excluding tert-OH is 1. The molecule has 0 radical (unpaired) electrons. The van der Waals surface area contributed by atoms with Gasteiger partial charge in [-0.1, -0.05) is 32.4 Å². The van der Waals surface area contributed by atoms with E-state index in [1.165, 1.54) is 11.8 Å². The monoisotopic (exact) mass is 371 g/mol. The Labute approximate surface area is 158 Å². The molecule has 0 aromatic carbocycles. The van der Waals surface area contributed by atoms with Crippen LogP contribution in [0.15, 0.2) is 12.2 Å². The lowest BCUT2D eigenvalue weighted by Crippen LogP contribution is -2.58. The van der Waals surface area contributed by atoms with Gasteiger partial charge in [0.15, 0.2) is 0 Å². The zero-order chi connectivity index (χ0) is 20.1. The molecule has 2 amide bonds. The highest BCUT2D eigenvalue weighted by Gasteiger charge is 2.35. The highest BCUT2D eigenvalue weighted by Crippen LogP contribution is 2.13. The van der Waals surface area contributed by atoms with Crippen LogP contribution in [0, 0.1) is 5.92 Å². The van der Waals surface area contributed by atoms with Crippen LogP contribution >= 0.6 is 0 Å². The lowest BCUT2D eigenvalue weighted by molar-refractivity contribution is -0.145. The van der Waals surface area contributed by atoms with Gasteiger partial charge in [0.1, 0.15) is 6.04 Å². The van der Waals surface area contributed by atoms with E-state index in [1.54, 1.807) is 14.0 Å². The number of ether oxygens (including phenoxy) is 1. The van der Waals surface area contributed by atoms with Crippen LogP contribution in [0.2, 0.25) is 0 Å². The number of carbonyl (C=O) groups is 2. The maximum absolute atomic E-state index is 13.0. The van der Waals surface area contributed by atoms with Crippen LogP contribution in [0.25, 0.3) is 0 Å². The second-order valence-corrected chi connectivity index (χ2v) is 6.49. The van der Waals surface area contributed by atoms with E-state index in [2.05, 4.69) is 10.6 Å². The molecule has 4 atom stereocenters. The molecule has 0 spiro atoms. The summed E-state index contributed by atoms with van der Waals surface area (Å²) in [5, 5.41) is 15.9. The Morgan fingerprint density at radius 2 is 1.92 bits per heavy atom. The molecule has 7 nitrogen and oxygen atoms in total. The SMILES string of the molecule is C/C=C\COCCNC(C(=O)N(C)C(C(=O)NCC)C(C)O)C(C)CC. The number of hydrogen-bond donors (Lipinski definition) is 3. The van der Waals surface area contributed by atoms with Crippen molar-refractivity contribution in [3.05, 3.63) is 12.2 Å². The van der Waals surface area contributed by atoms with Crippen molar-refractivity contribution in [3.8, 4) is 0 Å². The highest BCUT2D eigenvalue weighted by molar-refractivity contribution is 5.90. The zero-order valence-corrected chi connectivity index (χ0v) is 17.1. The zero-order valence-electron chi connectivity index (χ0n) is 17.1. The van der Waals surface area contributed by atoms with E-state index < -0.39 is 18.2 Å². The van der Waals surface area contributed by atoms with Crippen LogP contribution in [0.4, 0.5) is 0 Å². The number of amides is 2. The number of carbonyl (C=O) groups excluding carboxylic acids is 2. The van der Waals surface area contributed by atoms with E-state index in [-0.39, 0.29) is 17.7 Å². The first-order valence-corrected chi connectivity index (χ1v) is 9.46. The molecule has 0 saturated carbocycles. The largest absolute Gasteiger partial charge is 0.391 e. The van der Waals surface area contributed by atoms with Gasteiger partial charge in [0.2, 0.25) is 11.8 Å². The number of hydrogen-bond acceptors (Lipinski definition) is 5. The normalized spacial score (nSPS) is 16.1. The smallest absolute Gasteiger partial charge is 0.245 e. The molecule has 0 saturated heterocycles. The minimum absolute atomic E-state index is 0.0874. The number of rotatable bonds is 13. The molecule has 0 fully saturated rings. The lowest BCUT2D eigenvalue weighted by atomic mass is 9.96. The van der Waals surface area contributed by atoms with Crippen LogP contribution < -0.4 is 10.6 Å². The van der Waals surface area contributed by atoms with Gasteiger partial charge in [-0.25, -0.2) is 0 Å². The summed E-state index contributed by atoms with van der Waals surface area (Å²) in [6.45, 7) is 11.3. The van der Waals surface area contributed by atoms with E-state index in [4.69, 9.17) is 4.74 Å². The Hall–Kier alpha value is -1.44. The molecule has 26 heavy (non-hydrogen) atoms. The van der Waals surface area contributed by atoms with Crippen LogP contribution in [0.3, 0.4) is 0 Å². The average molecular weight is 372 g/mol. The van der Waals surface area contributed by atoms with E-state index in [1.807, 2.05) is 32.9 Å². The molecule has 0 aromatic rings. The molecule has 0 bridgehead atoms. The number of nitrogens with one attached hydrogen (secondary N) is 2. The van der Waals surface area contributed by atoms with Gasteiger partial charge < -0.3 is 25.4 Å². The summed E-state index contributed by atoms with van der Waals surface area (Å²) in [5.41, 5.74) is 0. The van der Waals surface area contributed by atoms with E-state index >= 15 is 0 Å². The molecule has 0 aromatic heterocycles. The molecule has 4 unspecified atom stereocenters. The Morgan fingerprint density at radius 3 is 2.42 bits per heavy atom. The Kier molecular flexibility index (Phi) is 13.0. The maximum Gasteiger partial charge on any atom is 0.245 e. The van der Waals surface area contributed by atoms with Gasteiger partial charge >= 0.3 is 0 Å². The average Bonchev–Trinajstić information content (AvgIpc) is 2.60. The fourth-order valence-corrected chi connectivity index (χ4v) is 2.66. The number of nitrogens with zero attached hydrogens (tertiary/aromatic N) is 1. The third kappa shape index (κ3) is 8.29. The van der Waals surface area contributed by atoms with Crippen LogP contribution in [0.1, 0.15) is 41.0 Å². The van der Waals surface area contributed by atoms with Gasteiger partial charge in [-0.05, 0) is 26.7 Å². The minimum atomic E-state index is -0.961. The van der Waals surface area contributed by atoms with Gasteiger partial charge in [0, 0.05) is 20.1 Å². The van der Waals surface area contributed by atoms with Gasteiger partial charge in [-0.15, -0.1) is 0 Å². The van der Waals surface area contributed by atoms with Crippen molar-refractivity contribution >= 4 is 11.8 Å². The molecule has 3 N–H and O–H groups in total. The van der Waals surface area contributed by atoms with Crippen molar-refractivity contribution in [2.24, 2.45) is 5.92 Å². The number of allylic oxidation sites excluding steroid dienone is 1. The summed E-state index contributed by atoms with van der Waals surface area (Å²) < 4.78 is 5.46. The van der Waals surface area contributed by atoms with Gasteiger partial charge in [-0.2, -0.15) is 0 Å². The van der Waals surface area contributed by atoms with Crippen molar-refractivity contribution < 1.29 is 19.4 Å². The molecule has 0 aliphatic carbocycles. The van der Waals surface area contributed by atoms with E-state index in [9.17, 15) is 14.7 Å². The molecular formula is C19H37N3O4. The number of aliphatic hydroxyl groups is 1. The first-order valence-electron chi connectivity index (χ1n) is 9.46. The quantitative estimate of drug-likeness (QED) is 0.331. The lowest BCUT2D eigenvalue weighted by Gasteiger charge is -2.34. The highest BCUT2D eigenvalue weighted by atomic mass is 16.5. The topological polar surface area (TPSA) is 90.9 Å². The Balaban J connectivity index is 4.99. The molecule has 0 heterocycles. The second-order valence-electron chi connectivity index (χ2n) is 6.49. The van der Waals surface area contributed by atoms with Gasteiger partial charge in [0.25, 0.3) is 0 Å². The summed E-state index contributed by atoms with van der Waals surface area (Å²) in [7, 11) is 1.56. The summed E-state index contributed by atoms with van der Waals surface area (Å²) in [6.07, 6.45) is 3.70. The van der Waals surface area contributed by atoms with Crippen LogP contribution in [-0.4, -0.2) is 73.4 Å². The van der Waals surface area contributed by atoms with Gasteiger partial charge in [-0.3, -0.25) is 9.59 Å². The van der Waals surface area contributed by atoms with E-state index in [0.29, 0.717) is 26.3 Å². The van der Waals surface area contributed by atoms with E-state index in [0.717, 1.165) is 6.42 Å². The fourth-order valence-electron chi connectivity index (χ4n) is 2.66. The first kappa shape index (κ1) is 24.6. The van der Waals surface area contributed by atoms with Crippen LogP contribution in [-0.2, 0) is 14.3 Å². The first-order chi connectivity index (χ1) is 12.3. The second kappa shape index (κ2) is 13.7. The Morgan fingerprint density at radius 1 is 1.27 bits per heavy atom. The van der Waals surface area contributed by atoms with Crippen molar-refractivity contribution in [3.63, 3.8) is 0 Å². The summed E-state index contributed by atoms with van der Waals surface area (Å²) in [6, 6.07) is -1.35. The molecule has 0 aliphatic heterocycles. The summed E-state index contributed by atoms with van der Waals surface area (Å²) >= 11 is 0. The molecule has 152 valence electrons. The van der Waals surface area contributed by atoms with Crippen molar-refractivity contribution in [2.75, 3.05) is 33.4 Å². The van der Waals surface area contributed by atoms with Crippen molar-refractivity contribution in [2.45, 2.75) is 59.2 Å². The summed E-state index contributed by atoms with van der Waals surface area (Å²) in [4.78, 5) is 26.6. The predicted octanol–water partition coefficient (Wildman–Crippen LogP) is 0.927. The van der Waals surface area contributed by atoms with Crippen molar-refractivity contribution in [1.82, 2.24) is 15.5 Å². The van der Waals surface area contributed by atoms with Crippen molar-refractivity contribution in [1.29, 1.82) is 0 Å². The fraction of sp³-hybridized carbons (Fsp3) is 0.789. The van der Waals surface area contributed by atoms with Crippen LogP contribution in [0.5, 0.6) is 0 Å². The number of likely N-dealkylation sites (N-methyl/N-ethyl adjacent to an activating group) is 2. The third-order valence-corrected chi connectivity index (χ3v) is 4.38. The maximum atomic E-state index is 13.0. The standard InChI is InChI=1S/C19H37N3O4/c1-7-10-12-26-13-11-21-16(14(4)8-2)19(25)22(6)17(15(5)23)18(24)20-9-3/h7,10,14-17,21,23H,8-9,11-13H2,1-6H3,(H,20,24)/b10-7-. The summed E-state index contributed by atoms with van der Waals surface area (Å²) in [5.74, 6) is -0.467. The molecule has 0 rings (SSSR count). The minimum Gasteiger partial charge on any atom is -0.391 e. The Bertz CT molecular complexity index is 441. The predicted molar refractivity (Wildman–Crippen MR) is 104 cm³/mol. The molecular weight excluding hydrogens is 334 g/mol. The molecule has 7 heteroatoms. The third-order valence-electron chi connectivity index (χ3n) is 4.38. The van der Waals surface area contributed by atoms with Gasteiger partial charge in [0.05, 0.1) is 25.4 Å². The molecule has 0 aliphatic rings.